The van der Waals surface area contributed by atoms with E-state index in [0.717, 1.165) is 0 Å². The molecule has 0 aliphatic carbocycles. The largest absolute Gasteiger partial charge is 0.468 e. The number of nitrogens with one attached hydrogen (secondary N) is 1. The first-order chi connectivity index (χ1) is 16.2. The van der Waals surface area contributed by atoms with Crippen LogP contribution in [0.25, 0.3) is 0 Å². The first-order valence-corrected chi connectivity index (χ1v) is 11.3. The van der Waals surface area contributed by atoms with Crippen molar-refractivity contribution in [2.75, 3.05) is 7.11 Å². The molecule has 10 heteroatoms. The van der Waals surface area contributed by atoms with E-state index in [1.54, 1.807) is 54.5 Å². The lowest BCUT2D eigenvalue weighted by Crippen LogP contribution is -2.49. The highest BCUT2D eigenvalue weighted by molar-refractivity contribution is 6.08. The van der Waals surface area contributed by atoms with Crippen LogP contribution in [-0.4, -0.2) is 47.2 Å². The zero-order chi connectivity index (χ0) is 26.7. The summed E-state index contributed by atoms with van der Waals surface area (Å²) in [6, 6.07) is 4.80. The van der Waals surface area contributed by atoms with Gasteiger partial charge in [0.25, 0.3) is 5.69 Å². The third-order valence-corrected chi connectivity index (χ3v) is 5.58. The van der Waals surface area contributed by atoms with Gasteiger partial charge in [-0.15, -0.1) is 0 Å². The predicted molar refractivity (Wildman–Crippen MR) is 130 cm³/mol. The summed E-state index contributed by atoms with van der Waals surface area (Å²) >= 11 is 0. The van der Waals surface area contributed by atoms with E-state index < -0.39 is 46.2 Å². The molecule has 0 fully saturated rings. The van der Waals surface area contributed by atoms with E-state index in [-0.39, 0.29) is 17.2 Å². The molecule has 1 aliphatic rings. The number of amides is 1. The first-order valence-electron chi connectivity index (χ1n) is 11.3. The van der Waals surface area contributed by atoms with Crippen molar-refractivity contribution in [3.8, 4) is 0 Å². The number of nitro benzene ring substituents is 1. The molecule has 3 atom stereocenters. The smallest absolute Gasteiger partial charge is 0.329 e. The molecule has 1 unspecified atom stereocenters. The van der Waals surface area contributed by atoms with Crippen molar-refractivity contribution >= 4 is 29.2 Å². The zero-order valence-corrected chi connectivity index (χ0v) is 21.4. The fourth-order valence-corrected chi connectivity index (χ4v) is 4.04. The normalized spacial score (nSPS) is 19.1. The van der Waals surface area contributed by atoms with Crippen molar-refractivity contribution < 1.29 is 28.8 Å². The molecule has 190 valence electrons. The molecule has 0 saturated heterocycles. The molecular weight excluding hydrogens is 454 g/mol. The van der Waals surface area contributed by atoms with Crippen molar-refractivity contribution in [1.29, 1.82) is 0 Å². The van der Waals surface area contributed by atoms with Crippen molar-refractivity contribution in [3.63, 3.8) is 0 Å². The van der Waals surface area contributed by atoms with Crippen LogP contribution in [0.3, 0.4) is 0 Å². The lowest BCUT2D eigenvalue weighted by atomic mass is 9.75. The van der Waals surface area contributed by atoms with Crippen LogP contribution in [-0.2, 0) is 23.9 Å². The van der Waals surface area contributed by atoms with Crippen LogP contribution in [0.2, 0.25) is 0 Å². The highest BCUT2D eigenvalue weighted by atomic mass is 16.6. The minimum absolute atomic E-state index is 0.126. The second-order valence-corrected chi connectivity index (χ2v) is 9.81. The second-order valence-electron chi connectivity index (χ2n) is 9.81. The Hall–Kier alpha value is -3.56. The van der Waals surface area contributed by atoms with Gasteiger partial charge in [-0.25, -0.2) is 4.79 Å². The van der Waals surface area contributed by atoms with Gasteiger partial charge in [0.1, 0.15) is 17.6 Å². The molecule has 1 aromatic rings. The van der Waals surface area contributed by atoms with Gasteiger partial charge in [0.05, 0.1) is 12.0 Å². The second kappa shape index (κ2) is 10.8. The summed E-state index contributed by atoms with van der Waals surface area (Å²) in [6.45, 7) is 12.0. The molecule has 0 saturated carbocycles. The molecule has 0 radical (unpaired) electrons. The summed E-state index contributed by atoms with van der Waals surface area (Å²) in [5.41, 5.74) is 0.320. The van der Waals surface area contributed by atoms with Gasteiger partial charge in [-0.1, -0.05) is 26.0 Å². The summed E-state index contributed by atoms with van der Waals surface area (Å²) in [7, 11) is 1.22. The van der Waals surface area contributed by atoms with Gasteiger partial charge in [-0.2, -0.15) is 0 Å². The van der Waals surface area contributed by atoms with Crippen molar-refractivity contribution in [2.24, 2.45) is 16.8 Å². The van der Waals surface area contributed by atoms with E-state index in [0.29, 0.717) is 17.0 Å². The Morgan fingerprint density at radius 1 is 1.17 bits per heavy atom. The Morgan fingerprint density at radius 3 is 2.31 bits per heavy atom. The van der Waals surface area contributed by atoms with Gasteiger partial charge in [0, 0.05) is 35.0 Å². The summed E-state index contributed by atoms with van der Waals surface area (Å²) in [6.07, 6.45) is 0. The number of carbonyl (C=O) groups is 3. The van der Waals surface area contributed by atoms with Crippen LogP contribution < -0.4 is 5.32 Å². The average Bonchev–Trinajstić information content (AvgIpc) is 2.74. The highest BCUT2D eigenvalue weighted by Gasteiger charge is 2.43. The summed E-state index contributed by atoms with van der Waals surface area (Å²) in [5.74, 6) is -4.03. The number of esters is 2. The molecule has 2 rings (SSSR count). The summed E-state index contributed by atoms with van der Waals surface area (Å²) in [4.78, 5) is 54.5. The third-order valence-electron chi connectivity index (χ3n) is 5.58. The molecular formula is C25H33N3O7. The maximum Gasteiger partial charge on any atom is 0.329 e. The molecule has 35 heavy (non-hydrogen) atoms. The van der Waals surface area contributed by atoms with Crippen LogP contribution in [0, 0.1) is 22.0 Å². The summed E-state index contributed by atoms with van der Waals surface area (Å²) in [5, 5.41) is 14.2. The predicted octanol–water partition coefficient (Wildman–Crippen LogP) is 3.70. The van der Waals surface area contributed by atoms with Crippen molar-refractivity contribution in [3.05, 3.63) is 51.2 Å². The molecule has 0 bridgehead atoms. The molecule has 1 aliphatic heterocycles. The average molecular weight is 488 g/mol. The van der Waals surface area contributed by atoms with Crippen LogP contribution in [0.5, 0.6) is 0 Å². The van der Waals surface area contributed by atoms with E-state index in [1.807, 2.05) is 0 Å². The lowest BCUT2D eigenvalue weighted by Gasteiger charge is -2.33. The maximum absolute atomic E-state index is 13.6. The van der Waals surface area contributed by atoms with E-state index >= 15 is 0 Å². The van der Waals surface area contributed by atoms with E-state index in [2.05, 4.69) is 10.3 Å². The summed E-state index contributed by atoms with van der Waals surface area (Å²) < 4.78 is 10.5. The standard InChI is InChI=1S/C25H33N3O7/c1-13(2)21(24(31)35-25(5,6)7)27-22(29)18-14(3)26-15(4)19(23(30)34-8)20(18)16-10-9-11-17(12-16)28(32)33/h9-13,19-21H,1-8H3,(H,27,29)/t19?,20-,21-/m0/s1. The van der Waals surface area contributed by atoms with Gasteiger partial charge in [-0.3, -0.25) is 24.7 Å². The van der Waals surface area contributed by atoms with Gasteiger partial charge < -0.3 is 14.8 Å². The van der Waals surface area contributed by atoms with Gasteiger partial charge in [-0.05, 0) is 46.1 Å². The van der Waals surface area contributed by atoms with Crippen molar-refractivity contribution in [1.82, 2.24) is 5.32 Å². The number of rotatable bonds is 7. The number of non-ortho nitro benzene ring substituents is 1. The van der Waals surface area contributed by atoms with Gasteiger partial charge >= 0.3 is 11.9 Å². The zero-order valence-electron chi connectivity index (χ0n) is 21.4. The van der Waals surface area contributed by atoms with Crippen LogP contribution in [0.15, 0.2) is 40.5 Å². The third kappa shape index (κ3) is 6.52. The molecule has 1 N–H and O–H groups in total. The first kappa shape index (κ1) is 27.7. The number of hydrogen-bond donors (Lipinski definition) is 1. The Balaban J connectivity index is 2.60. The molecule has 1 heterocycles. The lowest BCUT2D eigenvalue weighted by molar-refractivity contribution is -0.384. The maximum atomic E-state index is 13.6. The number of aliphatic imine (C=N–C) groups is 1. The topological polar surface area (TPSA) is 137 Å². The Bertz CT molecular complexity index is 1080. The number of carbonyl (C=O) groups excluding carboxylic acids is 3. The van der Waals surface area contributed by atoms with E-state index in [4.69, 9.17) is 9.47 Å². The Morgan fingerprint density at radius 2 is 1.80 bits per heavy atom. The Kier molecular flexibility index (Phi) is 8.54. The monoisotopic (exact) mass is 487 g/mol. The van der Waals surface area contributed by atoms with E-state index in [1.165, 1.54) is 25.3 Å². The number of nitrogens with zero attached hydrogens (tertiary/aromatic N) is 2. The number of nitro groups is 1. The number of methoxy groups -OCH3 is 1. The minimum Gasteiger partial charge on any atom is -0.468 e. The molecule has 1 aromatic carbocycles. The quantitative estimate of drug-likeness (QED) is 0.352. The SMILES string of the molecule is COC(=O)C1C(C)=NC(C)=C(C(=O)N[C@H](C(=O)OC(C)(C)C)C(C)C)[C@@H]1c1cccc([N+](=O)[O-])c1. The number of hydrogen-bond acceptors (Lipinski definition) is 8. The fourth-order valence-electron chi connectivity index (χ4n) is 4.04. The fraction of sp³-hybridized carbons (Fsp3) is 0.520. The number of benzene rings is 1. The molecule has 0 aromatic heterocycles. The van der Waals surface area contributed by atoms with Crippen LogP contribution in [0.1, 0.15) is 59.9 Å². The van der Waals surface area contributed by atoms with Crippen molar-refractivity contribution in [2.45, 2.75) is 66.0 Å². The highest BCUT2D eigenvalue weighted by Crippen LogP contribution is 2.40. The number of ether oxygens (including phenoxy) is 2. The van der Waals surface area contributed by atoms with Crippen LogP contribution in [0.4, 0.5) is 5.69 Å². The van der Waals surface area contributed by atoms with Crippen LogP contribution >= 0.6 is 0 Å². The minimum atomic E-state index is -0.981. The molecule has 10 nitrogen and oxygen atoms in total. The van der Waals surface area contributed by atoms with Gasteiger partial charge in [0.15, 0.2) is 0 Å². The van der Waals surface area contributed by atoms with E-state index in [9.17, 15) is 24.5 Å². The molecule has 1 amide bonds. The molecule has 0 spiro atoms. The van der Waals surface area contributed by atoms with Gasteiger partial charge in [0.2, 0.25) is 5.91 Å². The number of allylic oxidation sites excluding steroid dienone is 1. The Labute approximate surface area is 204 Å².